The van der Waals surface area contributed by atoms with Crippen LogP contribution in [0.25, 0.3) is 10.8 Å². The summed E-state index contributed by atoms with van der Waals surface area (Å²) < 4.78 is 37.7. The van der Waals surface area contributed by atoms with Crippen LogP contribution in [-0.4, -0.2) is 26.0 Å². The van der Waals surface area contributed by atoms with Crippen LogP contribution in [0.2, 0.25) is 10.0 Å². The molecule has 1 amide bonds. The van der Waals surface area contributed by atoms with E-state index in [1.807, 2.05) is 0 Å². The molecule has 0 aliphatic heterocycles. The molecular weight excluding hydrogens is 564 g/mol. The second-order valence-electron chi connectivity index (χ2n) is 7.87. The number of nitrogens with one attached hydrogen (secondary N) is 1. The molecule has 9 nitrogen and oxygen atoms in total. The van der Waals surface area contributed by atoms with Gasteiger partial charge >= 0.3 is 29.6 Å². The quantitative estimate of drug-likeness (QED) is 0.203. The van der Waals surface area contributed by atoms with Gasteiger partial charge in [0.25, 0.3) is 16.0 Å². The average Bonchev–Trinajstić information content (AvgIpc) is 2.84. The Labute approximate surface area is 250 Å². The van der Waals surface area contributed by atoms with Crippen molar-refractivity contribution in [3.63, 3.8) is 0 Å². The summed E-state index contributed by atoms with van der Waals surface area (Å²) in [6, 6.07) is 15.0. The van der Waals surface area contributed by atoms with Crippen LogP contribution in [0.15, 0.2) is 75.8 Å². The number of methoxy groups -OCH3 is 1. The Morgan fingerprint density at radius 3 is 2.42 bits per heavy atom. The number of halogens is 2. The van der Waals surface area contributed by atoms with E-state index in [1.165, 1.54) is 32.2 Å². The molecule has 13 heteroatoms. The van der Waals surface area contributed by atoms with Crippen molar-refractivity contribution in [2.24, 2.45) is 10.2 Å². The van der Waals surface area contributed by atoms with Crippen molar-refractivity contribution in [2.45, 2.75) is 11.8 Å². The summed E-state index contributed by atoms with van der Waals surface area (Å²) in [5.74, 6) is -0.987. The predicted molar refractivity (Wildman–Crippen MR) is 140 cm³/mol. The van der Waals surface area contributed by atoms with Crippen molar-refractivity contribution in [2.75, 3.05) is 12.4 Å². The molecule has 0 fully saturated rings. The van der Waals surface area contributed by atoms with Crippen LogP contribution in [0.5, 0.6) is 11.5 Å². The fraction of sp³-hybridized carbons (Fsp3) is 0.0800. The maximum Gasteiger partial charge on any atom is 1.00 e. The molecule has 4 aromatic rings. The molecule has 0 aliphatic rings. The number of rotatable bonds is 6. The van der Waals surface area contributed by atoms with E-state index < -0.39 is 26.7 Å². The molecule has 2 N–H and O–H groups in total. The summed E-state index contributed by atoms with van der Waals surface area (Å²) in [4.78, 5) is 12.6. The first-order valence-electron chi connectivity index (χ1n) is 10.6. The first kappa shape index (κ1) is 29.9. The van der Waals surface area contributed by atoms with Gasteiger partial charge in [-0.1, -0.05) is 53.2 Å². The maximum absolute atomic E-state index is 13.4. The summed E-state index contributed by atoms with van der Waals surface area (Å²) in [7, 11) is -3.08. The van der Waals surface area contributed by atoms with Crippen LogP contribution in [0.1, 0.15) is 15.9 Å². The third kappa shape index (κ3) is 6.29. The summed E-state index contributed by atoms with van der Waals surface area (Å²) in [6.07, 6.45) is 0. The van der Waals surface area contributed by atoms with Crippen molar-refractivity contribution >= 4 is 67.1 Å². The topological polar surface area (TPSA) is 140 Å². The second kappa shape index (κ2) is 12.0. The van der Waals surface area contributed by atoms with Crippen LogP contribution >= 0.6 is 23.2 Å². The summed E-state index contributed by atoms with van der Waals surface area (Å²) in [6.45, 7) is 1.53. The van der Waals surface area contributed by atoms with Gasteiger partial charge in [-0.05, 0) is 54.3 Å². The Hall–Kier alpha value is -2.70. The Morgan fingerprint density at radius 2 is 1.76 bits per heavy atom. The molecule has 0 atom stereocenters. The van der Waals surface area contributed by atoms with E-state index in [9.17, 15) is 22.9 Å². The van der Waals surface area contributed by atoms with Gasteiger partial charge in [-0.15, -0.1) is 5.11 Å². The number of carbonyl (C=O) groups is 1. The number of aryl methyl sites for hydroxylation is 1. The molecule has 0 heterocycles. The molecule has 0 aromatic heterocycles. The van der Waals surface area contributed by atoms with Crippen molar-refractivity contribution in [3.05, 3.63) is 81.8 Å². The maximum atomic E-state index is 13.4. The molecular formula is C25H18Cl2N3NaO6S. The van der Waals surface area contributed by atoms with Gasteiger partial charge in [0.15, 0.2) is 0 Å². The van der Waals surface area contributed by atoms with Crippen molar-refractivity contribution in [3.8, 4) is 11.5 Å². The molecule has 38 heavy (non-hydrogen) atoms. The average molecular weight is 582 g/mol. The van der Waals surface area contributed by atoms with E-state index in [1.54, 1.807) is 36.4 Å². The third-order valence-electron chi connectivity index (χ3n) is 5.39. The molecule has 190 valence electrons. The fourth-order valence-electron chi connectivity index (χ4n) is 3.56. The Kier molecular flexibility index (Phi) is 9.43. The van der Waals surface area contributed by atoms with Crippen LogP contribution < -0.4 is 44.7 Å². The van der Waals surface area contributed by atoms with Gasteiger partial charge in [0, 0.05) is 16.6 Å². The van der Waals surface area contributed by atoms with E-state index in [-0.39, 0.29) is 56.5 Å². The zero-order chi connectivity index (χ0) is 26.9. The summed E-state index contributed by atoms with van der Waals surface area (Å²) in [5, 5.41) is 25.3. The zero-order valence-electron chi connectivity index (χ0n) is 20.3. The van der Waals surface area contributed by atoms with Crippen molar-refractivity contribution in [1.82, 2.24) is 0 Å². The van der Waals surface area contributed by atoms with E-state index in [0.29, 0.717) is 27.8 Å². The van der Waals surface area contributed by atoms with Crippen molar-refractivity contribution in [1.29, 1.82) is 0 Å². The number of hydrogen-bond acceptors (Lipinski definition) is 7. The van der Waals surface area contributed by atoms with E-state index in [0.717, 1.165) is 6.07 Å². The molecule has 0 bridgehead atoms. The molecule has 4 rings (SSSR count). The van der Waals surface area contributed by atoms with Gasteiger partial charge < -0.3 is 15.2 Å². The Balaban J connectivity index is 0.00000400. The minimum atomic E-state index is -4.54. The number of amides is 1. The monoisotopic (exact) mass is 581 g/mol. The number of azo groups is 1. The minimum absolute atomic E-state index is 0. The largest absolute Gasteiger partial charge is 1.00 e. The summed E-state index contributed by atoms with van der Waals surface area (Å²) in [5.41, 5.74) is 0.232. The standard InChI is InChI=1S/C25H19Cl2N3O6S.Na/c1-13-9-16(37(33,34)35)12-20(22(13)27)29-30-23-17-6-4-3-5-14(17)10-18(24(23)31)25(32)28-15-7-8-21(36-2)19(26)11-15;/h3-12,31H,1-2H3,(H,28,32)(H,33,34,35);/q;+1/p-1. The number of carbonyl (C=O) groups excluding carboxylic acids is 1. The van der Waals surface area contributed by atoms with Crippen LogP contribution in [0.4, 0.5) is 17.1 Å². The van der Waals surface area contributed by atoms with E-state index in [2.05, 4.69) is 15.5 Å². The zero-order valence-corrected chi connectivity index (χ0v) is 24.6. The Morgan fingerprint density at radius 1 is 1.05 bits per heavy atom. The van der Waals surface area contributed by atoms with E-state index >= 15 is 0 Å². The van der Waals surface area contributed by atoms with Gasteiger partial charge in [0.05, 0.1) is 27.7 Å². The Bertz CT molecular complexity index is 1700. The number of fused-ring (bicyclic) bond motifs is 1. The third-order valence-corrected chi connectivity index (χ3v) is 7.01. The molecule has 4 aromatic carbocycles. The molecule has 0 aliphatic carbocycles. The predicted octanol–water partition coefficient (Wildman–Crippen LogP) is 3.46. The molecule has 0 spiro atoms. The SMILES string of the molecule is COc1ccc(NC(=O)c2cc3ccccc3c(N=Nc3cc(S(=O)(=O)O)cc(C)c3Cl)c2[O-])cc1Cl.[Na+]. The fourth-order valence-corrected chi connectivity index (χ4v) is 4.55. The van der Waals surface area contributed by atoms with E-state index in [4.69, 9.17) is 27.9 Å². The normalized spacial score (nSPS) is 11.4. The van der Waals surface area contributed by atoms with Crippen molar-refractivity contribution < 1.29 is 57.2 Å². The van der Waals surface area contributed by atoms with Crippen LogP contribution in [-0.2, 0) is 10.1 Å². The minimum Gasteiger partial charge on any atom is -0.870 e. The number of hydrogen-bond donors (Lipinski definition) is 2. The van der Waals surface area contributed by atoms with Gasteiger partial charge in [0.1, 0.15) is 11.4 Å². The van der Waals surface area contributed by atoms with Gasteiger partial charge in [-0.3, -0.25) is 9.35 Å². The first-order valence-corrected chi connectivity index (χ1v) is 12.8. The second-order valence-corrected chi connectivity index (χ2v) is 10.1. The van der Waals surface area contributed by atoms with Crippen LogP contribution in [0, 0.1) is 6.92 Å². The molecule has 0 saturated heterocycles. The number of nitrogens with zero attached hydrogens (tertiary/aromatic N) is 2. The first-order chi connectivity index (χ1) is 17.5. The smallest absolute Gasteiger partial charge is 0.870 e. The van der Waals surface area contributed by atoms with Gasteiger partial charge in [0.2, 0.25) is 0 Å². The van der Waals surface area contributed by atoms with Gasteiger partial charge in [-0.25, -0.2) is 0 Å². The molecule has 0 radical (unpaired) electrons. The van der Waals surface area contributed by atoms with Crippen LogP contribution in [0.3, 0.4) is 0 Å². The number of anilines is 1. The molecule has 0 unspecified atom stereocenters. The summed E-state index contributed by atoms with van der Waals surface area (Å²) >= 11 is 12.4. The number of benzene rings is 4. The molecule has 0 saturated carbocycles. The number of ether oxygens (including phenoxy) is 1. The van der Waals surface area contributed by atoms with Gasteiger partial charge in [-0.2, -0.15) is 13.5 Å².